The van der Waals surface area contributed by atoms with E-state index in [-0.39, 0.29) is 30.9 Å². The molecular formula is C27H34N4O4. The first-order valence-corrected chi connectivity index (χ1v) is 12.2. The fraction of sp³-hybridized carbons (Fsp3) is 0.481. The van der Waals surface area contributed by atoms with Crippen LogP contribution in [0.15, 0.2) is 54.9 Å². The Morgan fingerprint density at radius 2 is 2.00 bits per heavy atom. The monoisotopic (exact) mass is 478 g/mol. The molecule has 1 aromatic heterocycles. The molecule has 1 aromatic carbocycles. The molecule has 0 bridgehead atoms. The lowest BCUT2D eigenvalue weighted by atomic mass is 9.68. The molecule has 2 saturated heterocycles. The number of carbonyl (C=O) groups excluding carboxylic acids is 3. The third-order valence-electron chi connectivity index (χ3n) is 7.59. The van der Waals surface area contributed by atoms with Gasteiger partial charge in [0.25, 0.3) is 0 Å². The second kappa shape index (κ2) is 10.6. The van der Waals surface area contributed by atoms with E-state index < -0.39 is 23.2 Å². The first-order chi connectivity index (χ1) is 16.8. The van der Waals surface area contributed by atoms with E-state index in [1.165, 1.54) is 0 Å². The smallest absolute Gasteiger partial charge is 0.231 e. The maximum absolute atomic E-state index is 13.8. The van der Waals surface area contributed by atoms with Gasteiger partial charge in [0, 0.05) is 50.9 Å². The average molecular weight is 479 g/mol. The van der Waals surface area contributed by atoms with Crippen LogP contribution in [-0.2, 0) is 25.7 Å². The molecule has 2 aromatic rings. The Bertz CT molecular complexity index is 1050. The predicted molar refractivity (Wildman–Crippen MR) is 131 cm³/mol. The molecule has 35 heavy (non-hydrogen) atoms. The van der Waals surface area contributed by atoms with Crippen LogP contribution in [0.3, 0.4) is 0 Å². The molecule has 2 aliphatic rings. The number of pyridine rings is 1. The number of nitrogens with two attached hydrogens (primary N) is 1. The van der Waals surface area contributed by atoms with E-state index in [0.29, 0.717) is 19.6 Å². The molecular weight excluding hydrogens is 444 g/mol. The Labute approximate surface area is 206 Å². The SMILES string of the molecule is CC(C(N)=O)[C@H](COCc1cccnc1)C(=O)N1CCC[C@@]2(C1)C(=O)N(C)C[C@H]2c1ccccc1. The van der Waals surface area contributed by atoms with Crippen molar-refractivity contribution < 1.29 is 19.1 Å². The van der Waals surface area contributed by atoms with Gasteiger partial charge in [0.05, 0.1) is 24.5 Å². The van der Waals surface area contributed by atoms with Crippen molar-refractivity contribution in [3.8, 4) is 0 Å². The Hall–Kier alpha value is -3.26. The van der Waals surface area contributed by atoms with E-state index in [9.17, 15) is 14.4 Å². The van der Waals surface area contributed by atoms with Crippen molar-refractivity contribution >= 4 is 17.7 Å². The Kier molecular flexibility index (Phi) is 7.50. The van der Waals surface area contributed by atoms with Crippen LogP contribution in [0.4, 0.5) is 0 Å². The third-order valence-corrected chi connectivity index (χ3v) is 7.59. The quantitative estimate of drug-likeness (QED) is 0.626. The molecule has 0 saturated carbocycles. The number of primary amides is 1. The highest BCUT2D eigenvalue weighted by atomic mass is 16.5. The molecule has 2 aliphatic heterocycles. The number of hydrogen-bond donors (Lipinski definition) is 1. The summed E-state index contributed by atoms with van der Waals surface area (Å²) in [5.41, 5.74) is 6.93. The van der Waals surface area contributed by atoms with Gasteiger partial charge in [0.1, 0.15) is 0 Å². The summed E-state index contributed by atoms with van der Waals surface area (Å²) in [6.07, 6.45) is 4.84. The molecule has 2 N–H and O–H groups in total. The highest BCUT2D eigenvalue weighted by molar-refractivity contribution is 5.90. The van der Waals surface area contributed by atoms with Gasteiger partial charge >= 0.3 is 0 Å². The van der Waals surface area contributed by atoms with E-state index in [2.05, 4.69) is 17.1 Å². The zero-order chi connectivity index (χ0) is 25.0. The van der Waals surface area contributed by atoms with Crippen LogP contribution in [0.5, 0.6) is 0 Å². The van der Waals surface area contributed by atoms with Gasteiger partial charge < -0.3 is 20.3 Å². The fourth-order valence-corrected chi connectivity index (χ4v) is 5.55. The van der Waals surface area contributed by atoms with Crippen molar-refractivity contribution in [1.29, 1.82) is 0 Å². The van der Waals surface area contributed by atoms with Gasteiger partial charge in [-0.15, -0.1) is 0 Å². The highest BCUT2D eigenvalue weighted by Crippen LogP contribution is 2.49. The lowest BCUT2D eigenvalue weighted by molar-refractivity contribution is -0.150. The zero-order valence-corrected chi connectivity index (χ0v) is 20.4. The highest BCUT2D eigenvalue weighted by Gasteiger charge is 2.56. The summed E-state index contributed by atoms with van der Waals surface area (Å²) >= 11 is 0. The predicted octanol–water partition coefficient (Wildman–Crippen LogP) is 2.20. The minimum atomic E-state index is -0.719. The van der Waals surface area contributed by atoms with Crippen molar-refractivity contribution in [2.75, 3.05) is 33.3 Å². The van der Waals surface area contributed by atoms with Crippen LogP contribution >= 0.6 is 0 Å². The van der Waals surface area contributed by atoms with E-state index in [1.807, 2.05) is 37.4 Å². The molecule has 8 heteroatoms. The van der Waals surface area contributed by atoms with E-state index in [0.717, 1.165) is 24.0 Å². The van der Waals surface area contributed by atoms with Crippen LogP contribution in [-0.4, -0.2) is 65.8 Å². The molecule has 2 fully saturated rings. The molecule has 3 heterocycles. The van der Waals surface area contributed by atoms with Crippen molar-refractivity contribution in [2.24, 2.45) is 23.0 Å². The molecule has 0 radical (unpaired) electrons. The number of likely N-dealkylation sites (N-methyl/N-ethyl adjacent to an activating group) is 1. The van der Waals surface area contributed by atoms with E-state index in [4.69, 9.17) is 10.5 Å². The van der Waals surface area contributed by atoms with E-state index in [1.54, 1.807) is 29.1 Å². The summed E-state index contributed by atoms with van der Waals surface area (Å²) < 4.78 is 5.84. The molecule has 0 aliphatic carbocycles. The number of piperidine rings is 1. The molecule has 186 valence electrons. The first kappa shape index (κ1) is 24.9. The van der Waals surface area contributed by atoms with Crippen molar-refractivity contribution in [3.05, 3.63) is 66.0 Å². The van der Waals surface area contributed by atoms with Crippen molar-refractivity contribution in [3.63, 3.8) is 0 Å². The summed E-state index contributed by atoms with van der Waals surface area (Å²) in [7, 11) is 1.83. The van der Waals surface area contributed by atoms with Crippen LogP contribution in [0.25, 0.3) is 0 Å². The van der Waals surface area contributed by atoms with Gasteiger partial charge in [0.2, 0.25) is 17.7 Å². The standard InChI is InChI=1S/C27H34N4O4/c1-19(24(28)32)22(17-35-16-20-8-6-12-29-14-20)25(33)31-13-7-11-27(18-31)23(15-30(2)26(27)34)21-9-4-3-5-10-21/h3-6,8-10,12,14,19,22-23H,7,11,13,15-18H2,1-2H3,(H2,28,32)/t19?,22-,23-,27-/m0/s1. The van der Waals surface area contributed by atoms with E-state index >= 15 is 0 Å². The number of benzene rings is 1. The number of likely N-dealkylation sites (tertiary alicyclic amines) is 2. The zero-order valence-electron chi connectivity index (χ0n) is 20.4. The van der Waals surface area contributed by atoms with Crippen LogP contribution in [0.1, 0.15) is 36.8 Å². The third kappa shape index (κ3) is 5.07. The van der Waals surface area contributed by atoms with Gasteiger partial charge in [-0.3, -0.25) is 19.4 Å². The molecule has 8 nitrogen and oxygen atoms in total. The van der Waals surface area contributed by atoms with Crippen LogP contribution in [0.2, 0.25) is 0 Å². The number of carbonyl (C=O) groups is 3. The summed E-state index contributed by atoms with van der Waals surface area (Å²) in [6, 6.07) is 13.8. The number of ether oxygens (including phenoxy) is 1. The van der Waals surface area contributed by atoms with Gasteiger partial charge in [-0.2, -0.15) is 0 Å². The molecule has 3 amide bonds. The lowest BCUT2D eigenvalue weighted by Crippen LogP contribution is -2.54. The van der Waals surface area contributed by atoms with Crippen LogP contribution in [0, 0.1) is 17.3 Å². The number of rotatable bonds is 8. The van der Waals surface area contributed by atoms with Gasteiger partial charge in [-0.1, -0.05) is 43.3 Å². The lowest BCUT2D eigenvalue weighted by Gasteiger charge is -2.43. The summed E-state index contributed by atoms with van der Waals surface area (Å²) in [5.74, 6) is -2.05. The van der Waals surface area contributed by atoms with Gasteiger partial charge in [0.15, 0.2) is 0 Å². The molecule has 1 unspecified atom stereocenters. The molecule has 4 atom stereocenters. The van der Waals surface area contributed by atoms with Gasteiger partial charge in [-0.05, 0) is 30.0 Å². The first-order valence-electron chi connectivity index (χ1n) is 12.2. The number of hydrogen-bond acceptors (Lipinski definition) is 5. The normalized spacial score (nSPS) is 23.9. The Morgan fingerprint density at radius 1 is 1.23 bits per heavy atom. The minimum absolute atomic E-state index is 0.00523. The summed E-state index contributed by atoms with van der Waals surface area (Å²) in [6.45, 7) is 3.52. The number of amides is 3. The average Bonchev–Trinajstić information content (AvgIpc) is 3.11. The maximum atomic E-state index is 13.8. The Morgan fingerprint density at radius 3 is 2.69 bits per heavy atom. The molecule has 4 rings (SSSR count). The molecule has 1 spiro atoms. The number of aromatic nitrogens is 1. The largest absolute Gasteiger partial charge is 0.376 e. The second-order valence-corrected chi connectivity index (χ2v) is 9.84. The maximum Gasteiger partial charge on any atom is 0.231 e. The summed E-state index contributed by atoms with van der Waals surface area (Å²) in [4.78, 5) is 46.9. The van der Waals surface area contributed by atoms with Crippen molar-refractivity contribution in [2.45, 2.75) is 32.3 Å². The second-order valence-electron chi connectivity index (χ2n) is 9.84. The minimum Gasteiger partial charge on any atom is -0.376 e. The number of nitrogens with zero attached hydrogens (tertiary/aromatic N) is 3. The topological polar surface area (TPSA) is 106 Å². The van der Waals surface area contributed by atoms with Crippen LogP contribution < -0.4 is 5.73 Å². The van der Waals surface area contributed by atoms with Gasteiger partial charge in [-0.25, -0.2) is 0 Å². The Balaban J connectivity index is 1.54. The van der Waals surface area contributed by atoms with Crippen molar-refractivity contribution in [1.82, 2.24) is 14.8 Å². The fourth-order valence-electron chi connectivity index (χ4n) is 5.55. The summed E-state index contributed by atoms with van der Waals surface area (Å²) in [5, 5.41) is 0.